The summed E-state index contributed by atoms with van der Waals surface area (Å²) in [5.74, 6) is 1.81. The van der Waals surface area contributed by atoms with E-state index < -0.39 is 0 Å². The average molecular weight is 1060 g/mol. The summed E-state index contributed by atoms with van der Waals surface area (Å²) >= 11 is 0. The molecule has 0 aliphatic heterocycles. The second kappa shape index (κ2) is 15.6. The van der Waals surface area contributed by atoms with Gasteiger partial charge in [-0.05, 0) is 116 Å². The summed E-state index contributed by atoms with van der Waals surface area (Å²) in [6.07, 6.45) is 5.46. The van der Waals surface area contributed by atoms with Crippen LogP contribution in [0.15, 0.2) is 143 Å². The van der Waals surface area contributed by atoms with Crippen molar-refractivity contribution in [2.45, 2.75) is 78.6 Å². The molecule has 8 nitrogen and oxygen atoms in total. The standard InChI is InChI=1S/C58H49N5O3.Pt/c1-56(2,3)36-15-20-49-44(29-36)54(64)46-27-35(28-47-53(46)63(49)50-21-16-37(57(4,5)6)30-45(50)55(47)65)34-14-19-48-43(26-34)42-18-17-41(66-40-13-10-12-39(32-40)61-25-11-23-60-61)33-51(42)62(48)52-31-38(22-24-59-52)58(7,8)9;/h10-31H,1-9H3;/q-2;+2. The van der Waals surface area contributed by atoms with Crippen LogP contribution >= 0.6 is 0 Å². The van der Waals surface area contributed by atoms with Gasteiger partial charge in [0.25, 0.3) is 0 Å². The van der Waals surface area contributed by atoms with E-state index in [2.05, 4.69) is 137 Å². The van der Waals surface area contributed by atoms with Crippen molar-refractivity contribution in [3.63, 3.8) is 0 Å². The third-order valence-electron chi connectivity index (χ3n) is 13.1. The van der Waals surface area contributed by atoms with E-state index >= 15 is 0 Å². The maximum atomic E-state index is 14.9. The molecule has 11 rings (SSSR count). The van der Waals surface area contributed by atoms with Crippen molar-refractivity contribution >= 4 is 59.9 Å². The monoisotopic (exact) mass is 1060 g/mol. The molecule has 67 heavy (non-hydrogen) atoms. The van der Waals surface area contributed by atoms with Gasteiger partial charge in [0.05, 0.1) is 16.6 Å². The first-order valence-corrected chi connectivity index (χ1v) is 22.5. The van der Waals surface area contributed by atoms with E-state index in [1.54, 1.807) is 10.9 Å². The number of pyridine rings is 3. The summed E-state index contributed by atoms with van der Waals surface area (Å²) in [7, 11) is 0. The Hall–Kier alpha value is -6.89. The largest absolute Gasteiger partial charge is 2.00 e. The first-order chi connectivity index (χ1) is 31.4. The van der Waals surface area contributed by atoms with E-state index in [0.29, 0.717) is 38.6 Å². The topological polar surface area (TPSA) is 83.4 Å². The number of benzene rings is 6. The number of ether oxygens (including phenoxy) is 1. The van der Waals surface area contributed by atoms with Crippen molar-refractivity contribution in [3.8, 4) is 34.1 Å². The summed E-state index contributed by atoms with van der Waals surface area (Å²) in [4.78, 5) is 34.8. The van der Waals surface area contributed by atoms with Gasteiger partial charge >= 0.3 is 21.1 Å². The first-order valence-electron chi connectivity index (χ1n) is 22.5. The van der Waals surface area contributed by atoms with Gasteiger partial charge in [0.15, 0.2) is 10.9 Å². The number of aromatic nitrogens is 5. The van der Waals surface area contributed by atoms with Gasteiger partial charge in [0.2, 0.25) is 0 Å². The van der Waals surface area contributed by atoms with Crippen LogP contribution in [-0.4, -0.2) is 23.7 Å². The maximum Gasteiger partial charge on any atom is 2.00 e. The summed E-state index contributed by atoms with van der Waals surface area (Å²) in [6, 6.07) is 45.4. The van der Waals surface area contributed by atoms with Crippen molar-refractivity contribution in [1.82, 2.24) is 23.7 Å². The number of rotatable bonds is 5. The third-order valence-corrected chi connectivity index (χ3v) is 13.1. The smallest absolute Gasteiger partial charge is 0.509 e. The summed E-state index contributed by atoms with van der Waals surface area (Å²) < 4.78 is 12.5. The molecule has 0 atom stereocenters. The number of hydrogen-bond acceptors (Lipinski definition) is 5. The molecule has 0 unspecified atom stereocenters. The van der Waals surface area contributed by atoms with Crippen LogP contribution < -0.4 is 15.6 Å². The van der Waals surface area contributed by atoms with Gasteiger partial charge in [-0.1, -0.05) is 92.1 Å². The van der Waals surface area contributed by atoms with Gasteiger partial charge in [-0.15, -0.1) is 35.7 Å². The second-order valence-corrected chi connectivity index (χ2v) is 20.6. The predicted molar refractivity (Wildman–Crippen MR) is 269 cm³/mol. The van der Waals surface area contributed by atoms with Crippen LogP contribution in [0.4, 0.5) is 0 Å². The molecule has 334 valence electrons. The van der Waals surface area contributed by atoms with E-state index in [4.69, 9.17) is 9.72 Å². The Balaban J connectivity index is 0.00000525. The Labute approximate surface area is 403 Å². The Bertz CT molecular complexity index is 3780. The molecule has 0 N–H and O–H groups in total. The van der Waals surface area contributed by atoms with Crippen molar-refractivity contribution in [2.75, 3.05) is 0 Å². The van der Waals surface area contributed by atoms with Gasteiger partial charge in [-0.25, -0.2) is 4.98 Å². The fourth-order valence-electron chi connectivity index (χ4n) is 9.38. The zero-order valence-corrected chi connectivity index (χ0v) is 41.3. The fourth-order valence-corrected chi connectivity index (χ4v) is 9.38. The molecule has 0 saturated heterocycles. The molecule has 9 heteroatoms. The van der Waals surface area contributed by atoms with E-state index in [1.807, 2.05) is 79.1 Å². The molecule has 0 radical (unpaired) electrons. The quantitative estimate of drug-likeness (QED) is 0.0974. The third kappa shape index (κ3) is 7.34. The molecule has 0 bridgehead atoms. The zero-order valence-electron chi connectivity index (χ0n) is 39.0. The molecule has 0 aliphatic rings. The van der Waals surface area contributed by atoms with Gasteiger partial charge in [-0.3, -0.25) is 14.3 Å². The number of nitrogens with zero attached hydrogens (tertiary/aromatic N) is 5. The molecular formula is C58H49N5O3Pt. The molecule has 11 aromatic rings. The van der Waals surface area contributed by atoms with Crippen molar-refractivity contribution in [1.29, 1.82) is 0 Å². The summed E-state index contributed by atoms with van der Waals surface area (Å²) in [6.45, 7) is 19.5. The Morgan fingerprint density at radius 2 is 1.12 bits per heavy atom. The molecular weight excluding hydrogens is 1010 g/mol. The average Bonchev–Trinajstić information content (AvgIpc) is 3.94. The van der Waals surface area contributed by atoms with E-state index in [1.165, 1.54) is 0 Å². The molecule has 5 aromatic heterocycles. The van der Waals surface area contributed by atoms with Crippen LogP contribution in [0.3, 0.4) is 0 Å². The number of fused-ring (bicyclic) bond motifs is 7. The molecule has 0 spiro atoms. The van der Waals surface area contributed by atoms with Crippen LogP contribution in [0.1, 0.15) is 79.0 Å². The molecule has 0 fully saturated rings. The summed E-state index contributed by atoms with van der Waals surface area (Å²) in [5, 5.41) is 8.54. The molecule has 6 aromatic carbocycles. The van der Waals surface area contributed by atoms with Crippen LogP contribution in [-0.2, 0) is 37.3 Å². The Morgan fingerprint density at radius 1 is 0.522 bits per heavy atom. The first kappa shape index (κ1) is 44.0. The van der Waals surface area contributed by atoms with Crippen LogP contribution in [0.5, 0.6) is 11.5 Å². The van der Waals surface area contributed by atoms with Gasteiger partial charge in [0, 0.05) is 57.2 Å². The van der Waals surface area contributed by atoms with E-state index in [-0.39, 0.29) is 48.2 Å². The molecule has 0 amide bonds. The maximum absolute atomic E-state index is 14.9. The Kier molecular flexibility index (Phi) is 10.2. The predicted octanol–water partition coefficient (Wildman–Crippen LogP) is 13.2. The van der Waals surface area contributed by atoms with E-state index in [0.717, 1.165) is 72.2 Å². The normalized spacial score (nSPS) is 12.6. The SMILES string of the molecule is CC(C)(C)c1ccnc(-n2c3[c-]c(Oc4[c-]c(-n5cccn5)ccc4)ccc3c3cc(-c4cc5c(=O)c6cc(C(C)(C)C)ccc6n6c7ccc(C(C)(C)C)cc7c(=O)c(c4)c56)ccc32)c1.[Pt+2]. The van der Waals surface area contributed by atoms with Crippen molar-refractivity contribution in [2.24, 2.45) is 0 Å². The van der Waals surface area contributed by atoms with Gasteiger partial charge < -0.3 is 13.7 Å². The molecule has 0 saturated carbocycles. The Morgan fingerprint density at radius 3 is 1.73 bits per heavy atom. The molecule has 5 heterocycles. The second-order valence-electron chi connectivity index (χ2n) is 20.6. The number of hydrogen-bond donors (Lipinski definition) is 0. The van der Waals surface area contributed by atoms with Crippen LogP contribution in [0.25, 0.3) is 82.5 Å². The van der Waals surface area contributed by atoms with Gasteiger partial charge in [-0.2, -0.15) is 17.2 Å². The molecule has 0 aliphatic carbocycles. The van der Waals surface area contributed by atoms with Crippen LogP contribution in [0.2, 0.25) is 0 Å². The van der Waals surface area contributed by atoms with Crippen molar-refractivity contribution < 1.29 is 25.8 Å². The minimum absolute atomic E-state index is 0. The minimum Gasteiger partial charge on any atom is -0.509 e. The van der Waals surface area contributed by atoms with Gasteiger partial charge in [0.1, 0.15) is 5.82 Å². The zero-order chi connectivity index (χ0) is 46.0. The minimum atomic E-state index is -0.174. The van der Waals surface area contributed by atoms with Crippen molar-refractivity contribution in [3.05, 3.63) is 183 Å². The van der Waals surface area contributed by atoms with E-state index in [9.17, 15) is 9.59 Å². The summed E-state index contributed by atoms with van der Waals surface area (Å²) in [5.41, 5.74) is 8.98. The fraction of sp³-hybridized carbons (Fsp3) is 0.207. The van der Waals surface area contributed by atoms with Crippen LogP contribution in [0, 0.1) is 12.1 Å².